The highest BCUT2D eigenvalue weighted by atomic mass is 14.9. The molecule has 1 N–H and O–H groups in total. The monoisotopic (exact) mass is 126 g/mol. The first kappa shape index (κ1) is 8.21. The number of hydrogen-bond acceptors (Lipinski definition) is 1. The number of nitrogens with zero attached hydrogens (tertiary/aromatic N) is 1. The molecule has 0 radical (unpaired) electrons. The van der Waals surface area contributed by atoms with Crippen molar-refractivity contribution in [3.8, 4) is 0 Å². The van der Waals surface area contributed by atoms with Gasteiger partial charge in [-0.25, -0.2) is 0 Å². The van der Waals surface area contributed by atoms with Crippen LogP contribution in [0.15, 0.2) is 16.8 Å². The lowest BCUT2D eigenvalue weighted by atomic mass is 10.3. The molecule has 0 aromatic rings. The molecule has 0 heterocycles. The first-order valence-corrected chi connectivity index (χ1v) is 3.13. The van der Waals surface area contributed by atoms with E-state index in [4.69, 9.17) is 0 Å². The number of rotatable bonds is 3. The van der Waals surface area contributed by atoms with E-state index in [-0.39, 0.29) is 0 Å². The predicted molar refractivity (Wildman–Crippen MR) is 41.6 cm³/mol. The quantitative estimate of drug-likeness (QED) is 0.450. The zero-order valence-corrected chi connectivity index (χ0v) is 6.31. The third kappa shape index (κ3) is 5.07. The highest BCUT2D eigenvalue weighted by Gasteiger charge is 1.77. The fourth-order valence-corrected chi connectivity index (χ4v) is 0.356. The van der Waals surface area contributed by atoms with Crippen LogP contribution < -0.4 is 5.32 Å². The lowest BCUT2D eigenvalue weighted by Gasteiger charge is -1.92. The Bertz CT molecular complexity index is 114. The smallest absolute Gasteiger partial charge is 0.0859 e. The van der Waals surface area contributed by atoms with E-state index in [0.717, 1.165) is 6.42 Å². The molecule has 52 valence electrons. The molecule has 0 atom stereocenters. The molecule has 0 aromatic carbocycles. The zero-order valence-electron chi connectivity index (χ0n) is 6.31. The third-order valence-electron chi connectivity index (χ3n) is 1.09. The van der Waals surface area contributed by atoms with Crippen LogP contribution in [0.2, 0.25) is 0 Å². The molecule has 2 heteroatoms. The zero-order chi connectivity index (χ0) is 7.11. The summed E-state index contributed by atoms with van der Waals surface area (Å²) in [5.41, 5.74) is 1.33. The lowest BCUT2D eigenvalue weighted by molar-refractivity contribution is 1.06. The summed E-state index contributed by atoms with van der Waals surface area (Å²) in [5, 5.41) is 2.93. The van der Waals surface area contributed by atoms with Crippen molar-refractivity contribution in [1.82, 2.24) is 5.32 Å². The molecule has 0 saturated heterocycles. The van der Waals surface area contributed by atoms with Gasteiger partial charge in [-0.1, -0.05) is 12.5 Å². The number of allylic oxidation sites excluding steroid dienone is 1. The fourth-order valence-electron chi connectivity index (χ4n) is 0.356. The van der Waals surface area contributed by atoms with E-state index in [1.54, 1.807) is 13.4 Å². The van der Waals surface area contributed by atoms with Crippen LogP contribution in [0.5, 0.6) is 0 Å². The topological polar surface area (TPSA) is 24.4 Å². The van der Waals surface area contributed by atoms with Crippen molar-refractivity contribution >= 4 is 6.34 Å². The molecule has 0 bridgehead atoms. The van der Waals surface area contributed by atoms with E-state index in [2.05, 4.69) is 24.2 Å². The molecule has 2 nitrogen and oxygen atoms in total. The summed E-state index contributed by atoms with van der Waals surface area (Å²) >= 11 is 0. The van der Waals surface area contributed by atoms with Gasteiger partial charge in [-0.3, -0.25) is 4.99 Å². The molecular weight excluding hydrogens is 112 g/mol. The summed E-state index contributed by atoms with van der Waals surface area (Å²) < 4.78 is 0. The van der Waals surface area contributed by atoms with Gasteiger partial charge in [0.15, 0.2) is 0 Å². The van der Waals surface area contributed by atoms with E-state index in [0.29, 0.717) is 0 Å². The lowest BCUT2D eigenvalue weighted by Crippen LogP contribution is -2.00. The van der Waals surface area contributed by atoms with Gasteiger partial charge in [-0.15, -0.1) is 0 Å². The minimum Gasteiger partial charge on any atom is -0.353 e. The van der Waals surface area contributed by atoms with Crippen molar-refractivity contribution in [2.24, 2.45) is 4.99 Å². The van der Waals surface area contributed by atoms with Crippen molar-refractivity contribution < 1.29 is 0 Å². The Balaban J connectivity index is 3.43. The van der Waals surface area contributed by atoms with Gasteiger partial charge in [0.05, 0.1) is 6.34 Å². The molecule has 0 rings (SSSR count). The van der Waals surface area contributed by atoms with Gasteiger partial charge in [0.2, 0.25) is 0 Å². The molecule has 0 aliphatic rings. The second-order valence-electron chi connectivity index (χ2n) is 1.90. The van der Waals surface area contributed by atoms with E-state index in [1.807, 2.05) is 6.20 Å². The summed E-state index contributed by atoms with van der Waals surface area (Å²) in [6.07, 6.45) is 4.71. The van der Waals surface area contributed by atoms with Crippen molar-refractivity contribution in [2.45, 2.75) is 20.3 Å². The first-order chi connectivity index (χ1) is 4.31. The van der Waals surface area contributed by atoms with Gasteiger partial charge in [0.1, 0.15) is 0 Å². The molecular formula is C7H14N2. The van der Waals surface area contributed by atoms with Crippen LogP contribution in [0.4, 0.5) is 0 Å². The van der Waals surface area contributed by atoms with Crippen LogP contribution in [-0.2, 0) is 0 Å². The molecule has 0 amide bonds. The van der Waals surface area contributed by atoms with Crippen LogP contribution in [0.1, 0.15) is 20.3 Å². The van der Waals surface area contributed by atoms with Crippen LogP contribution >= 0.6 is 0 Å². The molecule has 0 unspecified atom stereocenters. The second kappa shape index (κ2) is 5.35. The highest BCUT2D eigenvalue weighted by molar-refractivity contribution is 5.55. The van der Waals surface area contributed by atoms with E-state index < -0.39 is 0 Å². The Morgan fingerprint density at radius 3 is 2.78 bits per heavy atom. The SMILES string of the molecule is CCC(C)=CNC=NC. The Morgan fingerprint density at radius 2 is 2.33 bits per heavy atom. The van der Waals surface area contributed by atoms with Crippen LogP contribution in [0, 0.1) is 0 Å². The first-order valence-electron chi connectivity index (χ1n) is 3.13. The van der Waals surface area contributed by atoms with Crippen LogP contribution in [0.25, 0.3) is 0 Å². The Morgan fingerprint density at radius 1 is 1.67 bits per heavy atom. The van der Waals surface area contributed by atoms with Gasteiger partial charge in [0.25, 0.3) is 0 Å². The molecule has 0 aromatic heterocycles. The number of hydrogen-bond donors (Lipinski definition) is 1. The Kier molecular flexibility index (Phi) is 4.88. The largest absolute Gasteiger partial charge is 0.353 e. The maximum absolute atomic E-state index is 3.76. The summed E-state index contributed by atoms with van der Waals surface area (Å²) in [6.45, 7) is 4.20. The standard InChI is InChI=1S/C7H14N2/c1-4-7(2)5-9-6-8-3/h5-6H,4H2,1-3H3,(H,8,9). The normalized spacial score (nSPS) is 12.6. The number of aliphatic imine (C=N–C) groups is 1. The van der Waals surface area contributed by atoms with Gasteiger partial charge in [0, 0.05) is 13.2 Å². The van der Waals surface area contributed by atoms with Gasteiger partial charge >= 0.3 is 0 Å². The van der Waals surface area contributed by atoms with Crippen LogP contribution in [-0.4, -0.2) is 13.4 Å². The summed E-state index contributed by atoms with van der Waals surface area (Å²) in [4.78, 5) is 3.76. The molecule has 0 aliphatic carbocycles. The highest BCUT2D eigenvalue weighted by Crippen LogP contribution is 1.93. The Labute approximate surface area is 56.7 Å². The van der Waals surface area contributed by atoms with Crippen LogP contribution in [0.3, 0.4) is 0 Å². The summed E-state index contributed by atoms with van der Waals surface area (Å²) in [7, 11) is 1.74. The van der Waals surface area contributed by atoms with Gasteiger partial charge in [-0.2, -0.15) is 0 Å². The fraction of sp³-hybridized carbons (Fsp3) is 0.571. The maximum Gasteiger partial charge on any atom is 0.0859 e. The predicted octanol–water partition coefficient (Wildman–Crippen LogP) is 1.55. The third-order valence-corrected chi connectivity index (χ3v) is 1.09. The minimum atomic E-state index is 1.09. The molecule has 0 spiro atoms. The van der Waals surface area contributed by atoms with Gasteiger partial charge < -0.3 is 5.32 Å². The van der Waals surface area contributed by atoms with Gasteiger partial charge in [-0.05, 0) is 13.3 Å². The second-order valence-corrected chi connectivity index (χ2v) is 1.90. The van der Waals surface area contributed by atoms with E-state index >= 15 is 0 Å². The van der Waals surface area contributed by atoms with Crippen molar-refractivity contribution in [3.05, 3.63) is 11.8 Å². The van der Waals surface area contributed by atoms with E-state index in [1.165, 1.54) is 5.57 Å². The molecule has 9 heavy (non-hydrogen) atoms. The number of nitrogens with one attached hydrogen (secondary N) is 1. The van der Waals surface area contributed by atoms with Crippen molar-refractivity contribution in [1.29, 1.82) is 0 Å². The average molecular weight is 126 g/mol. The van der Waals surface area contributed by atoms with Crippen molar-refractivity contribution in [2.75, 3.05) is 7.05 Å². The molecule has 0 fully saturated rings. The van der Waals surface area contributed by atoms with Crippen molar-refractivity contribution in [3.63, 3.8) is 0 Å². The average Bonchev–Trinajstić information content (AvgIpc) is 1.89. The minimum absolute atomic E-state index is 1.09. The molecule has 0 aliphatic heterocycles. The summed E-state index contributed by atoms with van der Waals surface area (Å²) in [6, 6.07) is 0. The van der Waals surface area contributed by atoms with E-state index in [9.17, 15) is 0 Å². The maximum atomic E-state index is 3.76. The summed E-state index contributed by atoms with van der Waals surface area (Å²) in [5.74, 6) is 0. The Hall–Kier alpha value is -0.790. The molecule has 0 saturated carbocycles.